The molecule has 1 rings (SSSR count). The lowest BCUT2D eigenvalue weighted by molar-refractivity contribution is -0.137. The van der Waals surface area contributed by atoms with E-state index in [0.29, 0.717) is 5.91 Å². The fraction of sp³-hybridized carbons (Fsp3) is 0.933. The van der Waals surface area contributed by atoms with Crippen LogP contribution in [0.4, 0.5) is 0 Å². The lowest BCUT2D eigenvalue weighted by Crippen LogP contribution is -2.46. The van der Waals surface area contributed by atoms with Gasteiger partial charge in [0.2, 0.25) is 5.91 Å². The zero-order valence-electron chi connectivity index (χ0n) is 12.1. The Bertz CT molecular complexity index is 257. The van der Waals surface area contributed by atoms with Gasteiger partial charge in [-0.3, -0.25) is 4.79 Å². The molecule has 0 aliphatic heterocycles. The molecule has 0 aromatic heterocycles. The van der Waals surface area contributed by atoms with Gasteiger partial charge in [0.15, 0.2) is 0 Å². The summed E-state index contributed by atoms with van der Waals surface area (Å²) in [7, 11) is 1.95. The molecule has 1 saturated carbocycles. The van der Waals surface area contributed by atoms with E-state index in [0.717, 1.165) is 38.5 Å². The number of alkyl halides is 1. The molecule has 1 fully saturated rings. The number of rotatable bonds is 6. The van der Waals surface area contributed by atoms with E-state index in [4.69, 9.17) is 11.6 Å². The predicted molar refractivity (Wildman–Crippen MR) is 78.0 cm³/mol. The molecule has 1 aliphatic carbocycles. The van der Waals surface area contributed by atoms with Crippen molar-refractivity contribution in [2.75, 3.05) is 7.05 Å². The highest BCUT2D eigenvalue weighted by molar-refractivity contribution is 6.21. The lowest BCUT2D eigenvalue weighted by atomic mass is 9.91. The molecule has 0 heterocycles. The number of carbonyl (C=O) groups excluding carboxylic acids is 1. The molecule has 0 saturated heterocycles. The number of amides is 1. The molecule has 0 N–H and O–H groups in total. The van der Waals surface area contributed by atoms with Crippen LogP contribution in [-0.2, 0) is 4.79 Å². The van der Waals surface area contributed by atoms with Crippen LogP contribution in [0.5, 0.6) is 0 Å². The summed E-state index contributed by atoms with van der Waals surface area (Å²) in [6.07, 6.45) is 8.81. The SMILES string of the molecule is CCCCC(CC)C(=O)N(C)C1CCCCC1Cl. The topological polar surface area (TPSA) is 20.3 Å². The Kier molecular flexibility index (Phi) is 7.06. The highest BCUT2D eigenvalue weighted by atomic mass is 35.5. The Hall–Kier alpha value is -0.240. The number of nitrogens with zero attached hydrogens (tertiary/aromatic N) is 1. The van der Waals surface area contributed by atoms with Gasteiger partial charge in [0.05, 0.1) is 5.38 Å². The summed E-state index contributed by atoms with van der Waals surface area (Å²) in [5.74, 6) is 0.504. The Morgan fingerprint density at radius 3 is 2.56 bits per heavy atom. The quantitative estimate of drug-likeness (QED) is 0.664. The zero-order chi connectivity index (χ0) is 13.5. The Morgan fingerprint density at radius 1 is 1.33 bits per heavy atom. The van der Waals surface area contributed by atoms with Gasteiger partial charge >= 0.3 is 0 Å². The van der Waals surface area contributed by atoms with E-state index >= 15 is 0 Å². The minimum Gasteiger partial charge on any atom is -0.341 e. The van der Waals surface area contributed by atoms with Crippen LogP contribution in [0, 0.1) is 5.92 Å². The average Bonchev–Trinajstić information content (AvgIpc) is 2.39. The molecule has 3 unspecified atom stereocenters. The van der Waals surface area contributed by atoms with Crippen molar-refractivity contribution in [3.63, 3.8) is 0 Å². The monoisotopic (exact) mass is 273 g/mol. The van der Waals surface area contributed by atoms with Gasteiger partial charge in [-0.1, -0.05) is 39.5 Å². The molecule has 0 radical (unpaired) electrons. The molecule has 0 aromatic rings. The summed E-state index contributed by atoms with van der Waals surface area (Å²) >= 11 is 6.38. The van der Waals surface area contributed by atoms with Gasteiger partial charge in [0.1, 0.15) is 0 Å². The van der Waals surface area contributed by atoms with Gasteiger partial charge < -0.3 is 4.90 Å². The normalized spacial score (nSPS) is 25.8. The van der Waals surface area contributed by atoms with E-state index in [1.54, 1.807) is 0 Å². The first-order valence-electron chi connectivity index (χ1n) is 7.52. The summed E-state index contributed by atoms with van der Waals surface area (Å²) in [6.45, 7) is 4.29. The zero-order valence-corrected chi connectivity index (χ0v) is 12.9. The molecule has 18 heavy (non-hydrogen) atoms. The molecule has 3 atom stereocenters. The maximum absolute atomic E-state index is 12.5. The third-order valence-electron chi connectivity index (χ3n) is 4.24. The second kappa shape index (κ2) is 8.04. The Labute approximate surface area is 117 Å². The van der Waals surface area contributed by atoms with Crippen molar-refractivity contribution in [2.24, 2.45) is 5.92 Å². The van der Waals surface area contributed by atoms with Gasteiger partial charge in [-0.25, -0.2) is 0 Å². The van der Waals surface area contributed by atoms with Crippen molar-refractivity contribution in [1.82, 2.24) is 4.90 Å². The van der Waals surface area contributed by atoms with Crippen molar-refractivity contribution in [1.29, 1.82) is 0 Å². The molecule has 1 aliphatic rings. The van der Waals surface area contributed by atoms with Gasteiger partial charge in [0.25, 0.3) is 0 Å². The molecule has 3 heteroatoms. The summed E-state index contributed by atoms with van der Waals surface area (Å²) < 4.78 is 0. The number of hydrogen-bond acceptors (Lipinski definition) is 1. The lowest BCUT2D eigenvalue weighted by Gasteiger charge is -2.36. The number of unbranched alkanes of at least 4 members (excludes halogenated alkanes) is 1. The average molecular weight is 274 g/mol. The molecule has 2 nitrogen and oxygen atoms in total. The number of carbonyl (C=O) groups is 1. The second-order valence-electron chi connectivity index (χ2n) is 5.56. The molecule has 0 spiro atoms. The third kappa shape index (κ3) is 4.15. The van der Waals surface area contributed by atoms with Crippen molar-refractivity contribution in [2.45, 2.75) is 76.6 Å². The fourth-order valence-corrected chi connectivity index (χ4v) is 3.36. The predicted octanol–water partition coefficient (Wildman–Crippen LogP) is 4.21. The highest BCUT2D eigenvalue weighted by Crippen LogP contribution is 2.28. The van der Waals surface area contributed by atoms with Crippen molar-refractivity contribution < 1.29 is 4.79 Å². The molecule has 106 valence electrons. The van der Waals surface area contributed by atoms with Crippen LogP contribution in [-0.4, -0.2) is 29.3 Å². The third-order valence-corrected chi connectivity index (χ3v) is 4.75. The van der Waals surface area contributed by atoms with Crippen molar-refractivity contribution in [3.8, 4) is 0 Å². The fourth-order valence-electron chi connectivity index (χ4n) is 2.91. The summed E-state index contributed by atoms with van der Waals surface area (Å²) in [6, 6.07) is 0.253. The number of hydrogen-bond donors (Lipinski definition) is 0. The summed E-state index contributed by atoms with van der Waals surface area (Å²) in [5, 5.41) is 0.149. The molecule has 0 aromatic carbocycles. The van der Waals surface area contributed by atoms with E-state index in [9.17, 15) is 4.79 Å². The van der Waals surface area contributed by atoms with Gasteiger partial charge in [-0.05, 0) is 25.7 Å². The van der Waals surface area contributed by atoms with E-state index in [1.807, 2.05) is 11.9 Å². The van der Waals surface area contributed by atoms with Crippen LogP contribution >= 0.6 is 11.6 Å². The van der Waals surface area contributed by atoms with E-state index < -0.39 is 0 Å². The van der Waals surface area contributed by atoms with E-state index in [2.05, 4.69) is 13.8 Å². The van der Waals surface area contributed by atoms with Crippen molar-refractivity contribution in [3.05, 3.63) is 0 Å². The van der Waals surface area contributed by atoms with Crippen LogP contribution in [0.25, 0.3) is 0 Å². The van der Waals surface area contributed by atoms with Gasteiger partial charge in [-0.15, -0.1) is 11.6 Å². The highest BCUT2D eigenvalue weighted by Gasteiger charge is 2.31. The Balaban J connectivity index is 2.57. The molecule has 1 amide bonds. The van der Waals surface area contributed by atoms with Gasteiger partial charge in [0, 0.05) is 19.0 Å². The molecular formula is C15H28ClNO. The van der Waals surface area contributed by atoms with Crippen LogP contribution in [0.2, 0.25) is 0 Å². The van der Waals surface area contributed by atoms with Crippen LogP contribution in [0.1, 0.15) is 65.2 Å². The molecule has 0 bridgehead atoms. The first-order valence-corrected chi connectivity index (χ1v) is 7.96. The summed E-state index contributed by atoms with van der Waals surface area (Å²) in [5.41, 5.74) is 0. The Morgan fingerprint density at radius 2 is 2.00 bits per heavy atom. The van der Waals surface area contributed by atoms with Crippen LogP contribution in [0.3, 0.4) is 0 Å². The van der Waals surface area contributed by atoms with E-state index in [-0.39, 0.29) is 17.3 Å². The number of halogens is 1. The van der Waals surface area contributed by atoms with Crippen LogP contribution < -0.4 is 0 Å². The van der Waals surface area contributed by atoms with Crippen LogP contribution in [0.15, 0.2) is 0 Å². The van der Waals surface area contributed by atoms with Gasteiger partial charge in [-0.2, -0.15) is 0 Å². The minimum absolute atomic E-state index is 0.149. The first-order chi connectivity index (χ1) is 8.61. The second-order valence-corrected chi connectivity index (χ2v) is 6.12. The standard InChI is InChI=1S/C15H28ClNO/c1-4-6-9-12(5-2)15(18)17(3)14-11-8-7-10-13(14)16/h12-14H,4-11H2,1-3H3. The first kappa shape index (κ1) is 15.8. The smallest absolute Gasteiger partial charge is 0.225 e. The molecular weight excluding hydrogens is 246 g/mol. The largest absolute Gasteiger partial charge is 0.341 e. The maximum Gasteiger partial charge on any atom is 0.225 e. The van der Waals surface area contributed by atoms with E-state index in [1.165, 1.54) is 12.8 Å². The maximum atomic E-state index is 12.5. The minimum atomic E-state index is 0.149. The summed E-state index contributed by atoms with van der Waals surface area (Å²) in [4.78, 5) is 14.4. The van der Waals surface area contributed by atoms with Crippen molar-refractivity contribution >= 4 is 17.5 Å².